The Kier molecular flexibility index (Phi) is 5.80. The van der Waals surface area contributed by atoms with E-state index in [9.17, 15) is 13.2 Å². The number of halogens is 3. The fraction of sp³-hybridized carbons (Fsp3) is 0.714. The van der Waals surface area contributed by atoms with Crippen LogP contribution in [0.1, 0.15) is 52.1 Å². The maximum absolute atomic E-state index is 12.7. The second-order valence-corrected chi connectivity index (χ2v) is 5.97. The third-order valence-corrected chi connectivity index (χ3v) is 3.24. The first kappa shape index (κ1) is 17.5. The molecule has 0 aliphatic heterocycles. The van der Waals surface area contributed by atoms with Gasteiger partial charge in [0.2, 0.25) is 5.95 Å². The average Bonchev–Trinajstić information content (AvgIpc) is 2.35. The second kappa shape index (κ2) is 6.95. The zero-order chi connectivity index (χ0) is 16.1. The minimum absolute atomic E-state index is 0.0206. The summed E-state index contributed by atoms with van der Waals surface area (Å²) in [6, 6.07) is 0.887. The molecule has 0 unspecified atom stereocenters. The van der Waals surface area contributed by atoms with Gasteiger partial charge in [0.1, 0.15) is 5.82 Å². The first-order valence-corrected chi connectivity index (χ1v) is 7.10. The van der Waals surface area contributed by atoms with Gasteiger partial charge in [0.25, 0.3) is 0 Å². The summed E-state index contributed by atoms with van der Waals surface area (Å²) in [4.78, 5) is 7.01. The fourth-order valence-electron chi connectivity index (χ4n) is 1.97. The Morgan fingerprint density at radius 3 is 2.43 bits per heavy atom. The fourth-order valence-corrected chi connectivity index (χ4v) is 1.97. The Morgan fingerprint density at radius 1 is 1.19 bits per heavy atom. The van der Waals surface area contributed by atoms with Gasteiger partial charge in [-0.15, -0.1) is 0 Å². The normalized spacial score (nSPS) is 12.5. The quantitative estimate of drug-likeness (QED) is 0.745. The van der Waals surface area contributed by atoms with E-state index < -0.39 is 11.9 Å². The second-order valence-electron chi connectivity index (χ2n) is 5.97. The largest absolute Gasteiger partial charge is 0.433 e. The van der Waals surface area contributed by atoms with Gasteiger partial charge >= 0.3 is 6.18 Å². The topological polar surface area (TPSA) is 63.8 Å². The van der Waals surface area contributed by atoms with Crippen molar-refractivity contribution in [1.29, 1.82) is 0 Å². The highest BCUT2D eigenvalue weighted by Crippen LogP contribution is 2.30. The molecule has 0 radical (unpaired) electrons. The number of rotatable bonds is 7. The van der Waals surface area contributed by atoms with E-state index in [4.69, 9.17) is 5.73 Å². The van der Waals surface area contributed by atoms with Crippen molar-refractivity contribution in [3.05, 3.63) is 11.8 Å². The third kappa shape index (κ3) is 6.18. The summed E-state index contributed by atoms with van der Waals surface area (Å²) in [5.41, 5.74) is 4.28. The number of hydrogen-bond donors (Lipinski definition) is 2. The number of unbranched alkanes of at least 4 members (excludes halogenated alkanes) is 2. The number of alkyl halides is 3. The maximum atomic E-state index is 12.7. The highest BCUT2D eigenvalue weighted by molar-refractivity contribution is 5.41. The highest BCUT2D eigenvalue weighted by atomic mass is 19.4. The predicted molar refractivity (Wildman–Crippen MR) is 77.9 cm³/mol. The van der Waals surface area contributed by atoms with E-state index in [1.165, 1.54) is 0 Å². The molecule has 0 aromatic carbocycles. The van der Waals surface area contributed by atoms with E-state index in [-0.39, 0.29) is 17.2 Å². The van der Waals surface area contributed by atoms with Crippen molar-refractivity contribution in [2.24, 2.45) is 5.41 Å². The lowest BCUT2D eigenvalue weighted by Crippen LogP contribution is -2.24. The van der Waals surface area contributed by atoms with Crippen molar-refractivity contribution in [3.63, 3.8) is 0 Å². The molecule has 7 heteroatoms. The van der Waals surface area contributed by atoms with Crippen LogP contribution < -0.4 is 11.1 Å². The molecule has 21 heavy (non-hydrogen) atoms. The van der Waals surface area contributed by atoms with Gasteiger partial charge in [0.05, 0.1) is 0 Å². The summed E-state index contributed by atoms with van der Waals surface area (Å²) in [7, 11) is 0. The van der Waals surface area contributed by atoms with Crippen LogP contribution >= 0.6 is 0 Å². The number of nitrogens with two attached hydrogens (primary N) is 1. The molecule has 3 N–H and O–H groups in total. The summed E-state index contributed by atoms with van der Waals surface area (Å²) in [5.74, 6) is -0.269. The molecule has 1 aromatic rings. The monoisotopic (exact) mass is 304 g/mol. The van der Waals surface area contributed by atoms with Crippen LogP contribution in [0.4, 0.5) is 24.9 Å². The van der Waals surface area contributed by atoms with E-state index in [1.54, 1.807) is 0 Å². The number of nitrogen functional groups attached to an aromatic ring is 1. The van der Waals surface area contributed by atoms with Gasteiger partial charge in [-0.25, -0.2) is 4.98 Å². The summed E-state index contributed by atoms with van der Waals surface area (Å²) < 4.78 is 38.0. The van der Waals surface area contributed by atoms with Gasteiger partial charge in [-0.3, -0.25) is 0 Å². The van der Waals surface area contributed by atoms with Crippen LogP contribution in [0.2, 0.25) is 0 Å². The van der Waals surface area contributed by atoms with Gasteiger partial charge < -0.3 is 11.1 Å². The van der Waals surface area contributed by atoms with Gasteiger partial charge in [0, 0.05) is 12.6 Å². The molecule has 0 spiro atoms. The van der Waals surface area contributed by atoms with Crippen LogP contribution in [0.5, 0.6) is 0 Å². The van der Waals surface area contributed by atoms with E-state index in [1.807, 2.05) is 0 Å². The molecule has 0 fully saturated rings. The molecule has 0 bridgehead atoms. The number of anilines is 2. The molecule has 120 valence electrons. The molecule has 0 aliphatic carbocycles. The van der Waals surface area contributed by atoms with E-state index in [0.717, 1.165) is 31.7 Å². The van der Waals surface area contributed by atoms with Crippen LogP contribution in [-0.2, 0) is 6.18 Å². The van der Waals surface area contributed by atoms with E-state index >= 15 is 0 Å². The van der Waals surface area contributed by atoms with Crippen molar-refractivity contribution in [1.82, 2.24) is 9.97 Å². The van der Waals surface area contributed by atoms with Gasteiger partial charge in [0.15, 0.2) is 5.69 Å². The minimum atomic E-state index is -4.52. The number of hydrogen-bond acceptors (Lipinski definition) is 4. The molecular weight excluding hydrogens is 281 g/mol. The van der Waals surface area contributed by atoms with Crippen molar-refractivity contribution in [3.8, 4) is 0 Å². The van der Waals surface area contributed by atoms with Crippen LogP contribution in [0.15, 0.2) is 6.07 Å². The standard InChI is InChI=1S/C14H23F3N4/c1-4-5-6-7-13(2,3)9-19-11-8-10(14(15,16)17)20-12(18)21-11/h8H,4-7,9H2,1-3H3,(H3,18,19,20,21). The van der Waals surface area contributed by atoms with Crippen LogP contribution in [0.3, 0.4) is 0 Å². The molecule has 1 heterocycles. The van der Waals surface area contributed by atoms with Gasteiger partial charge in [-0.05, 0) is 11.8 Å². The molecule has 0 saturated carbocycles. The Morgan fingerprint density at radius 2 is 1.86 bits per heavy atom. The zero-order valence-electron chi connectivity index (χ0n) is 12.7. The molecule has 0 saturated heterocycles. The zero-order valence-corrected chi connectivity index (χ0v) is 12.7. The summed E-state index contributed by atoms with van der Waals surface area (Å²) in [6.07, 6.45) is -0.126. The Labute approximate surface area is 123 Å². The lowest BCUT2D eigenvalue weighted by molar-refractivity contribution is -0.141. The number of nitrogens with zero attached hydrogens (tertiary/aromatic N) is 2. The Balaban J connectivity index is 2.69. The molecule has 1 rings (SSSR count). The summed E-state index contributed by atoms with van der Waals surface area (Å²) in [5, 5.41) is 2.93. The first-order valence-electron chi connectivity index (χ1n) is 7.10. The molecule has 1 aromatic heterocycles. The summed E-state index contributed by atoms with van der Waals surface area (Å²) in [6.45, 7) is 6.81. The van der Waals surface area contributed by atoms with Gasteiger partial charge in [-0.2, -0.15) is 18.2 Å². The van der Waals surface area contributed by atoms with Gasteiger partial charge in [-0.1, -0.05) is 40.0 Å². The van der Waals surface area contributed by atoms with E-state index in [0.29, 0.717) is 6.54 Å². The Hall–Kier alpha value is -1.53. The van der Waals surface area contributed by atoms with Crippen LogP contribution in [0.25, 0.3) is 0 Å². The van der Waals surface area contributed by atoms with Crippen LogP contribution in [0, 0.1) is 5.41 Å². The number of nitrogens with one attached hydrogen (secondary N) is 1. The predicted octanol–water partition coefficient (Wildman–Crippen LogP) is 4.10. The van der Waals surface area contributed by atoms with Crippen molar-refractivity contribution in [2.45, 2.75) is 52.6 Å². The summed E-state index contributed by atoms with van der Waals surface area (Å²) >= 11 is 0. The lowest BCUT2D eigenvalue weighted by atomic mass is 9.87. The third-order valence-electron chi connectivity index (χ3n) is 3.24. The lowest BCUT2D eigenvalue weighted by Gasteiger charge is -2.25. The maximum Gasteiger partial charge on any atom is 0.433 e. The van der Waals surface area contributed by atoms with Crippen LogP contribution in [-0.4, -0.2) is 16.5 Å². The molecule has 0 atom stereocenters. The highest BCUT2D eigenvalue weighted by Gasteiger charge is 2.33. The van der Waals surface area contributed by atoms with Crippen molar-refractivity contribution >= 4 is 11.8 Å². The number of aromatic nitrogens is 2. The van der Waals surface area contributed by atoms with Crippen molar-refractivity contribution in [2.75, 3.05) is 17.6 Å². The minimum Gasteiger partial charge on any atom is -0.369 e. The van der Waals surface area contributed by atoms with E-state index in [2.05, 4.69) is 36.1 Å². The first-order chi connectivity index (χ1) is 9.64. The molecule has 0 amide bonds. The Bertz CT molecular complexity index is 458. The molecule has 0 aliphatic rings. The average molecular weight is 304 g/mol. The SMILES string of the molecule is CCCCCC(C)(C)CNc1cc(C(F)(F)F)nc(N)n1. The molecular formula is C14H23F3N4. The van der Waals surface area contributed by atoms with Crippen molar-refractivity contribution < 1.29 is 13.2 Å². The smallest absolute Gasteiger partial charge is 0.369 e. The molecule has 4 nitrogen and oxygen atoms in total.